The first-order valence-electron chi connectivity index (χ1n) is 5.83. The molecule has 6 heteroatoms. The van der Waals surface area contributed by atoms with Crippen LogP contribution in [0.3, 0.4) is 0 Å². The highest BCUT2D eigenvalue weighted by Crippen LogP contribution is 2.30. The number of hydrogen-bond acceptors (Lipinski definition) is 3. The number of nitrogens with one attached hydrogen (secondary N) is 1. The zero-order chi connectivity index (χ0) is 12.5. The molecule has 0 radical (unpaired) electrons. The molecule has 1 atom stereocenters. The van der Waals surface area contributed by atoms with Gasteiger partial charge < -0.3 is 5.32 Å². The summed E-state index contributed by atoms with van der Waals surface area (Å²) in [5.41, 5.74) is 1.84. The second-order valence-electron chi connectivity index (χ2n) is 4.31. The molecule has 1 unspecified atom stereocenters. The van der Waals surface area contributed by atoms with Crippen molar-refractivity contribution in [2.75, 3.05) is 23.7 Å². The Morgan fingerprint density at radius 1 is 1.33 bits per heavy atom. The van der Waals surface area contributed by atoms with Gasteiger partial charge in [-0.25, -0.2) is 8.42 Å². The van der Waals surface area contributed by atoms with Crippen LogP contribution in [-0.4, -0.2) is 27.8 Å². The lowest BCUT2D eigenvalue weighted by Gasteiger charge is -2.23. The molecule has 1 fully saturated rings. The van der Waals surface area contributed by atoms with Crippen molar-refractivity contribution < 1.29 is 8.42 Å². The Hall–Kier alpha value is -0.780. The predicted molar refractivity (Wildman–Crippen MR) is 76.9 cm³/mol. The average Bonchev–Trinajstić information content (AvgIpc) is 2.68. The molecule has 0 bridgehead atoms. The quantitative estimate of drug-likeness (QED) is 0.925. The Kier molecular flexibility index (Phi) is 5.01. The Morgan fingerprint density at radius 3 is 2.56 bits per heavy atom. The summed E-state index contributed by atoms with van der Waals surface area (Å²) in [6.07, 6.45) is 0.713. The van der Waals surface area contributed by atoms with Crippen LogP contribution in [0.15, 0.2) is 24.3 Å². The Morgan fingerprint density at radius 2 is 2.00 bits per heavy atom. The van der Waals surface area contributed by atoms with Crippen molar-refractivity contribution in [2.24, 2.45) is 0 Å². The molecule has 1 N–H and O–H groups in total. The Bertz CT molecular complexity index is 505. The summed E-state index contributed by atoms with van der Waals surface area (Å²) in [5, 5.41) is 3.15. The Labute approximate surface area is 115 Å². The van der Waals surface area contributed by atoms with Gasteiger partial charge in [0.15, 0.2) is 0 Å². The van der Waals surface area contributed by atoms with Gasteiger partial charge in [-0.1, -0.05) is 18.2 Å². The zero-order valence-electron chi connectivity index (χ0n) is 10.6. The number of para-hydroxylation sites is 1. The molecule has 2 rings (SSSR count). The van der Waals surface area contributed by atoms with Gasteiger partial charge >= 0.3 is 0 Å². The van der Waals surface area contributed by atoms with E-state index in [0.717, 1.165) is 11.3 Å². The van der Waals surface area contributed by atoms with Gasteiger partial charge in [0.2, 0.25) is 10.0 Å². The molecule has 1 aromatic carbocycles. The van der Waals surface area contributed by atoms with Crippen LogP contribution in [0.1, 0.15) is 24.9 Å². The molecular weight excluding hydrogens is 272 g/mol. The van der Waals surface area contributed by atoms with Gasteiger partial charge in [0.1, 0.15) is 0 Å². The van der Waals surface area contributed by atoms with E-state index in [1.165, 1.54) is 4.31 Å². The lowest BCUT2D eigenvalue weighted by molar-refractivity contribution is 0.598. The molecule has 1 aromatic rings. The lowest BCUT2D eigenvalue weighted by atomic mass is 10.1. The van der Waals surface area contributed by atoms with Crippen molar-refractivity contribution in [3.63, 3.8) is 0 Å². The van der Waals surface area contributed by atoms with E-state index < -0.39 is 10.0 Å². The first kappa shape index (κ1) is 15.3. The van der Waals surface area contributed by atoms with Gasteiger partial charge in [-0.3, -0.25) is 4.31 Å². The molecule has 1 aliphatic heterocycles. The standard InChI is InChI=1S/C12H18N2O2S.ClH/c1-10(13-2)11-6-3-4-7-12(11)14-8-5-9-17(14,15)16;/h3-4,6-7,10,13H,5,8-9H2,1-2H3;1H. The van der Waals surface area contributed by atoms with Gasteiger partial charge in [-0.2, -0.15) is 0 Å². The van der Waals surface area contributed by atoms with Crippen LogP contribution in [0.2, 0.25) is 0 Å². The third kappa shape index (κ3) is 2.79. The minimum atomic E-state index is -3.10. The van der Waals surface area contributed by atoms with E-state index in [1.807, 2.05) is 38.2 Å². The monoisotopic (exact) mass is 290 g/mol. The van der Waals surface area contributed by atoms with Gasteiger partial charge in [-0.05, 0) is 32.0 Å². The smallest absolute Gasteiger partial charge is 0.235 e. The van der Waals surface area contributed by atoms with Crippen LogP contribution < -0.4 is 9.62 Å². The molecular formula is C12H19ClN2O2S. The van der Waals surface area contributed by atoms with Crippen LogP contribution in [0, 0.1) is 0 Å². The van der Waals surface area contributed by atoms with Crippen LogP contribution in [-0.2, 0) is 10.0 Å². The first-order chi connectivity index (χ1) is 8.06. The molecule has 0 aliphatic carbocycles. The fourth-order valence-electron chi connectivity index (χ4n) is 2.15. The molecule has 1 aliphatic rings. The molecule has 0 spiro atoms. The highest BCUT2D eigenvalue weighted by atomic mass is 35.5. The minimum absolute atomic E-state index is 0. The van der Waals surface area contributed by atoms with E-state index in [4.69, 9.17) is 0 Å². The number of rotatable bonds is 3. The summed E-state index contributed by atoms with van der Waals surface area (Å²) < 4.78 is 25.4. The van der Waals surface area contributed by atoms with Crippen molar-refractivity contribution in [3.8, 4) is 0 Å². The van der Waals surface area contributed by atoms with Crippen molar-refractivity contribution in [1.82, 2.24) is 5.32 Å². The number of sulfonamides is 1. The molecule has 1 heterocycles. The van der Waals surface area contributed by atoms with Crippen LogP contribution in [0.5, 0.6) is 0 Å². The molecule has 102 valence electrons. The van der Waals surface area contributed by atoms with Crippen LogP contribution >= 0.6 is 12.4 Å². The summed E-state index contributed by atoms with van der Waals surface area (Å²) in [7, 11) is -1.22. The molecule has 1 saturated heterocycles. The second kappa shape index (κ2) is 5.91. The van der Waals surface area contributed by atoms with Gasteiger partial charge in [-0.15, -0.1) is 12.4 Å². The highest BCUT2D eigenvalue weighted by Gasteiger charge is 2.30. The second-order valence-corrected chi connectivity index (χ2v) is 6.32. The van der Waals surface area contributed by atoms with Crippen molar-refractivity contribution in [2.45, 2.75) is 19.4 Å². The SMILES string of the molecule is CNC(C)c1ccccc1N1CCCS1(=O)=O.Cl. The molecule has 18 heavy (non-hydrogen) atoms. The normalized spacial score (nSPS) is 19.3. The summed E-state index contributed by atoms with van der Waals surface area (Å²) in [5.74, 6) is 0.259. The largest absolute Gasteiger partial charge is 0.313 e. The minimum Gasteiger partial charge on any atom is -0.313 e. The third-order valence-corrected chi connectivity index (χ3v) is 5.06. The summed E-state index contributed by atoms with van der Waals surface area (Å²) in [6.45, 7) is 2.62. The van der Waals surface area contributed by atoms with E-state index in [2.05, 4.69) is 5.32 Å². The van der Waals surface area contributed by atoms with E-state index >= 15 is 0 Å². The Balaban J connectivity index is 0.00000162. The van der Waals surface area contributed by atoms with Crippen molar-refractivity contribution in [1.29, 1.82) is 0 Å². The van der Waals surface area contributed by atoms with Gasteiger partial charge in [0.05, 0.1) is 11.4 Å². The first-order valence-corrected chi connectivity index (χ1v) is 7.44. The maximum atomic E-state index is 11.9. The fourth-order valence-corrected chi connectivity index (χ4v) is 3.73. The number of benzene rings is 1. The molecule has 0 amide bonds. The van der Waals surface area contributed by atoms with Crippen molar-refractivity contribution in [3.05, 3.63) is 29.8 Å². The molecule has 0 aromatic heterocycles. The third-order valence-electron chi connectivity index (χ3n) is 3.20. The molecule has 0 saturated carbocycles. The predicted octanol–water partition coefficient (Wildman–Crippen LogP) is 1.93. The maximum Gasteiger partial charge on any atom is 0.235 e. The average molecular weight is 291 g/mol. The summed E-state index contributed by atoms with van der Waals surface area (Å²) in [4.78, 5) is 0. The summed E-state index contributed by atoms with van der Waals surface area (Å²) >= 11 is 0. The zero-order valence-corrected chi connectivity index (χ0v) is 12.2. The van der Waals surface area contributed by atoms with E-state index in [1.54, 1.807) is 0 Å². The van der Waals surface area contributed by atoms with Crippen molar-refractivity contribution >= 4 is 28.1 Å². The van der Waals surface area contributed by atoms with Gasteiger partial charge in [0, 0.05) is 12.6 Å². The summed E-state index contributed by atoms with van der Waals surface area (Å²) in [6, 6.07) is 7.82. The van der Waals surface area contributed by atoms with Gasteiger partial charge in [0.25, 0.3) is 0 Å². The van der Waals surface area contributed by atoms with E-state index in [9.17, 15) is 8.42 Å². The van der Waals surface area contributed by atoms with E-state index in [0.29, 0.717) is 13.0 Å². The number of halogens is 1. The highest BCUT2D eigenvalue weighted by molar-refractivity contribution is 7.93. The topological polar surface area (TPSA) is 49.4 Å². The molecule has 4 nitrogen and oxygen atoms in total. The lowest BCUT2D eigenvalue weighted by Crippen LogP contribution is -2.27. The number of anilines is 1. The fraction of sp³-hybridized carbons (Fsp3) is 0.500. The van der Waals surface area contributed by atoms with Crippen LogP contribution in [0.4, 0.5) is 5.69 Å². The number of hydrogen-bond donors (Lipinski definition) is 1. The number of nitrogens with zero attached hydrogens (tertiary/aromatic N) is 1. The maximum absolute atomic E-state index is 11.9. The van der Waals surface area contributed by atoms with Crippen LogP contribution in [0.25, 0.3) is 0 Å². The van der Waals surface area contributed by atoms with E-state index in [-0.39, 0.29) is 24.2 Å².